The predicted molar refractivity (Wildman–Crippen MR) is 74.8 cm³/mol. The first-order valence-corrected chi connectivity index (χ1v) is 6.71. The summed E-state index contributed by atoms with van der Waals surface area (Å²) in [6, 6.07) is 8.56. The summed E-state index contributed by atoms with van der Waals surface area (Å²) < 4.78 is 1.83. The Morgan fingerprint density at radius 2 is 2.00 bits per heavy atom. The van der Waals surface area contributed by atoms with Gasteiger partial charge in [-0.25, -0.2) is 4.52 Å². The van der Waals surface area contributed by atoms with E-state index in [-0.39, 0.29) is 0 Å². The molecule has 0 unspecified atom stereocenters. The second-order valence-corrected chi connectivity index (χ2v) is 5.40. The molecule has 0 bridgehead atoms. The van der Waals surface area contributed by atoms with Crippen LogP contribution in [0.2, 0.25) is 0 Å². The highest BCUT2D eigenvalue weighted by Crippen LogP contribution is 2.30. The van der Waals surface area contributed by atoms with Crippen LogP contribution in [0.4, 0.5) is 5.95 Å². The Bertz CT molecular complexity index is 694. The van der Waals surface area contributed by atoms with Gasteiger partial charge in [0, 0.05) is 10.4 Å². The van der Waals surface area contributed by atoms with Gasteiger partial charge in [-0.05, 0) is 18.9 Å². The van der Waals surface area contributed by atoms with E-state index in [0.717, 1.165) is 22.6 Å². The highest BCUT2D eigenvalue weighted by Gasteiger charge is 2.14. The number of aromatic nitrogens is 3. The minimum absolute atomic E-state index is 0.327. The summed E-state index contributed by atoms with van der Waals surface area (Å²) in [6.45, 7) is 4.24. The molecule has 92 valence electrons. The molecule has 3 rings (SSSR count). The zero-order valence-corrected chi connectivity index (χ0v) is 11.2. The lowest BCUT2D eigenvalue weighted by Crippen LogP contribution is -1.93. The number of benzene rings is 1. The minimum Gasteiger partial charge on any atom is -0.366 e. The van der Waals surface area contributed by atoms with Gasteiger partial charge in [0.2, 0.25) is 10.9 Å². The standard InChI is InChI=1S/C13H14N4S/c1-3-9-4-6-10(7-5-9)11-8(2)18-13-15-12(14)16-17(11)13/h4-7H,3H2,1-2H3,(H2,14,16). The van der Waals surface area contributed by atoms with E-state index in [9.17, 15) is 0 Å². The Hall–Kier alpha value is -1.88. The summed E-state index contributed by atoms with van der Waals surface area (Å²) in [7, 11) is 0. The third kappa shape index (κ3) is 1.67. The molecule has 2 heterocycles. The van der Waals surface area contributed by atoms with Gasteiger partial charge in [-0.2, -0.15) is 4.98 Å². The van der Waals surface area contributed by atoms with E-state index in [4.69, 9.17) is 5.73 Å². The van der Waals surface area contributed by atoms with E-state index in [1.165, 1.54) is 10.4 Å². The van der Waals surface area contributed by atoms with Crippen molar-refractivity contribution in [1.29, 1.82) is 0 Å². The summed E-state index contributed by atoms with van der Waals surface area (Å²) in [5.41, 5.74) is 9.21. The number of anilines is 1. The predicted octanol–water partition coefficient (Wildman–Crippen LogP) is 2.91. The molecule has 0 saturated heterocycles. The molecule has 0 atom stereocenters. The topological polar surface area (TPSA) is 56.2 Å². The number of fused-ring (bicyclic) bond motifs is 1. The molecule has 1 aromatic carbocycles. The van der Waals surface area contributed by atoms with Crippen molar-refractivity contribution in [3.8, 4) is 11.3 Å². The lowest BCUT2D eigenvalue weighted by atomic mass is 10.1. The molecular weight excluding hydrogens is 244 g/mol. The molecule has 2 aromatic heterocycles. The monoisotopic (exact) mass is 258 g/mol. The van der Waals surface area contributed by atoms with Gasteiger partial charge >= 0.3 is 0 Å². The normalized spacial score (nSPS) is 11.2. The van der Waals surface area contributed by atoms with Crippen LogP contribution in [-0.4, -0.2) is 14.6 Å². The third-order valence-corrected chi connectivity index (χ3v) is 3.97. The van der Waals surface area contributed by atoms with E-state index < -0.39 is 0 Å². The molecule has 2 N–H and O–H groups in total. The number of thiazole rings is 1. The number of nitrogens with two attached hydrogens (primary N) is 1. The van der Waals surface area contributed by atoms with Crippen LogP contribution in [0.5, 0.6) is 0 Å². The maximum Gasteiger partial charge on any atom is 0.241 e. The number of aryl methyl sites for hydroxylation is 2. The molecule has 0 aliphatic carbocycles. The SMILES string of the molecule is CCc1ccc(-c2c(C)sc3nc(N)nn23)cc1. The zero-order chi connectivity index (χ0) is 12.7. The highest BCUT2D eigenvalue weighted by molar-refractivity contribution is 7.17. The van der Waals surface area contributed by atoms with Crippen molar-refractivity contribution in [3.63, 3.8) is 0 Å². The number of nitrogen functional groups attached to an aromatic ring is 1. The molecule has 3 aromatic rings. The van der Waals surface area contributed by atoms with Crippen molar-refractivity contribution < 1.29 is 0 Å². The van der Waals surface area contributed by atoms with Crippen molar-refractivity contribution in [1.82, 2.24) is 14.6 Å². The minimum atomic E-state index is 0.327. The molecule has 0 aliphatic heterocycles. The van der Waals surface area contributed by atoms with Crippen LogP contribution in [-0.2, 0) is 6.42 Å². The average molecular weight is 258 g/mol. The lowest BCUT2D eigenvalue weighted by molar-refractivity contribution is 0.987. The summed E-state index contributed by atoms with van der Waals surface area (Å²) in [4.78, 5) is 6.25. The smallest absolute Gasteiger partial charge is 0.241 e. The van der Waals surface area contributed by atoms with Crippen LogP contribution in [0.15, 0.2) is 24.3 Å². The van der Waals surface area contributed by atoms with Gasteiger partial charge < -0.3 is 5.73 Å². The molecule has 0 saturated carbocycles. The highest BCUT2D eigenvalue weighted by atomic mass is 32.1. The molecular formula is C13H14N4S. The Kier molecular flexibility index (Phi) is 2.56. The van der Waals surface area contributed by atoms with Crippen molar-refractivity contribution in [2.75, 3.05) is 5.73 Å². The van der Waals surface area contributed by atoms with E-state index in [2.05, 4.69) is 48.2 Å². The fraction of sp³-hybridized carbons (Fsp3) is 0.231. The Balaban J connectivity index is 2.19. The maximum absolute atomic E-state index is 5.64. The van der Waals surface area contributed by atoms with Gasteiger partial charge in [0.25, 0.3) is 0 Å². The molecule has 4 nitrogen and oxygen atoms in total. The van der Waals surface area contributed by atoms with Gasteiger partial charge in [0.05, 0.1) is 5.69 Å². The molecule has 18 heavy (non-hydrogen) atoms. The van der Waals surface area contributed by atoms with Crippen LogP contribution in [0, 0.1) is 6.92 Å². The second-order valence-electron chi connectivity index (χ2n) is 4.22. The molecule has 0 aliphatic rings. The van der Waals surface area contributed by atoms with Gasteiger partial charge in [-0.1, -0.05) is 42.5 Å². The van der Waals surface area contributed by atoms with E-state index in [1.807, 2.05) is 4.52 Å². The van der Waals surface area contributed by atoms with Crippen molar-refractivity contribution in [3.05, 3.63) is 34.7 Å². The largest absolute Gasteiger partial charge is 0.366 e. The van der Waals surface area contributed by atoms with Gasteiger partial charge in [0.15, 0.2) is 0 Å². The lowest BCUT2D eigenvalue weighted by Gasteiger charge is -2.02. The Morgan fingerprint density at radius 1 is 1.28 bits per heavy atom. The first-order chi connectivity index (χ1) is 8.69. The average Bonchev–Trinajstić information content (AvgIpc) is 2.84. The Labute approximate surface area is 109 Å². The first-order valence-electron chi connectivity index (χ1n) is 5.90. The molecule has 5 heteroatoms. The quantitative estimate of drug-likeness (QED) is 0.769. The second kappa shape index (κ2) is 4.10. The summed E-state index contributed by atoms with van der Waals surface area (Å²) in [5, 5.41) is 4.25. The first kappa shape index (κ1) is 11.2. The van der Waals surface area contributed by atoms with Crippen LogP contribution < -0.4 is 5.73 Å². The molecule has 0 fully saturated rings. The van der Waals surface area contributed by atoms with Crippen molar-refractivity contribution in [2.45, 2.75) is 20.3 Å². The molecule has 0 radical (unpaired) electrons. The van der Waals surface area contributed by atoms with Crippen LogP contribution >= 0.6 is 11.3 Å². The van der Waals surface area contributed by atoms with Crippen LogP contribution in [0.25, 0.3) is 16.2 Å². The van der Waals surface area contributed by atoms with Crippen molar-refractivity contribution >= 4 is 22.2 Å². The summed E-state index contributed by atoms with van der Waals surface area (Å²) in [6.07, 6.45) is 1.05. The van der Waals surface area contributed by atoms with Gasteiger partial charge in [-0.3, -0.25) is 0 Å². The van der Waals surface area contributed by atoms with E-state index in [1.54, 1.807) is 11.3 Å². The number of rotatable bonds is 2. The van der Waals surface area contributed by atoms with Crippen LogP contribution in [0.3, 0.4) is 0 Å². The number of hydrogen-bond donors (Lipinski definition) is 1. The fourth-order valence-electron chi connectivity index (χ4n) is 2.08. The van der Waals surface area contributed by atoms with Crippen LogP contribution in [0.1, 0.15) is 17.4 Å². The number of nitrogens with zero attached hydrogens (tertiary/aromatic N) is 3. The van der Waals surface area contributed by atoms with Gasteiger partial charge in [-0.15, -0.1) is 5.10 Å². The summed E-state index contributed by atoms with van der Waals surface area (Å²) >= 11 is 1.61. The number of hydrogen-bond acceptors (Lipinski definition) is 4. The maximum atomic E-state index is 5.64. The van der Waals surface area contributed by atoms with E-state index >= 15 is 0 Å². The Morgan fingerprint density at radius 3 is 2.67 bits per heavy atom. The zero-order valence-electron chi connectivity index (χ0n) is 10.3. The van der Waals surface area contributed by atoms with Crippen molar-refractivity contribution in [2.24, 2.45) is 0 Å². The fourth-order valence-corrected chi connectivity index (χ4v) is 3.02. The van der Waals surface area contributed by atoms with Gasteiger partial charge in [0.1, 0.15) is 0 Å². The van der Waals surface area contributed by atoms with E-state index in [0.29, 0.717) is 5.95 Å². The third-order valence-electron chi connectivity index (χ3n) is 3.02. The molecule has 0 spiro atoms. The summed E-state index contributed by atoms with van der Waals surface area (Å²) in [5.74, 6) is 0.327. The molecule has 0 amide bonds.